The molecule has 1 aliphatic heterocycles. The predicted octanol–water partition coefficient (Wildman–Crippen LogP) is 0.624. The molecule has 0 amide bonds. The summed E-state index contributed by atoms with van der Waals surface area (Å²) in [7, 11) is 2.08. The van der Waals surface area contributed by atoms with Crippen LogP contribution in [0.2, 0.25) is 0 Å². The van der Waals surface area contributed by atoms with Crippen LogP contribution in [0.15, 0.2) is 6.33 Å². The molecule has 0 aromatic carbocycles. The SMILES string of the molecule is CNC1CCCC(N2CCn3cnnc3C2)C1. The van der Waals surface area contributed by atoms with Crippen molar-refractivity contribution in [3.05, 3.63) is 12.2 Å². The van der Waals surface area contributed by atoms with Crippen molar-refractivity contribution in [3.8, 4) is 0 Å². The van der Waals surface area contributed by atoms with Gasteiger partial charge in [-0.25, -0.2) is 0 Å². The Labute approximate surface area is 102 Å². The van der Waals surface area contributed by atoms with E-state index in [9.17, 15) is 0 Å². The van der Waals surface area contributed by atoms with Gasteiger partial charge in [0.2, 0.25) is 0 Å². The van der Waals surface area contributed by atoms with Crippen LogP contribution in [0.4, 0.5) is 0 Å². The molecule has 17 heavy (non-hydrogen) atoms. The molecule has 1 N–H and O–H groups in total. The lowest BCUT2D eigenvalue weighted by molar-refractivity contribution is 0.110. The third kappa shape index (κ3) is 2.21. The predicted molar refractivity (Wildman–Crippen MR) is 65.5 cm³/mol. The second-order valence-electron chi connectivity index (χ2n) is 5.22. The number of hydrogen-bond acceptors (Lipinski definition) is 4. The molecule has 2 heterocycles. The van der Waals surface area contributed by atoms with E-state index in [0.717, 1.165) is 31.5 Å². The van der Waals surface area contributed by atoms with E-state index < -0.39 is 0 Å². The van der Waals surface area contributed by atoms with Crippen LogP contribution < -0.4 is 5.32 Å². The zero-order valence-electron chi connectivity index (χ0n) is 10.5. The number of fused-ring (bicyclic) bond motifs is 1. The molecular weight excluding hydrogens is 214 g/mol. The second kappa shape index (κ2) is 4.74. The topological polar surface area (TPSA) is 46.0 Å². The minimum atomic E-state index is 0.702. The Balaban J connectivity index is 1.66. The first kappa shape index (κ1) is 11.2. The van der Waals surface area contributed by atoms with Gasteiger partial charge in [0.1, 0.15) is 12.2 Å². The van der Waals surface area contributed by atoms with Crippen molar-refractivity contribution in [2.45, 2.75) is 50.9 Å². The molecule has 0 bridgehead atoms. The van der Waals surface area contributed by atoms with Crippen molar-refractivity contribution in [2.24, 2.45) is 0 Å². The quantitative estimate of drug-likeness (QED) is 0.816. The van der Waals surface area contributed by atoms with Gasteiger partial charge >= 0.3 is 0 Å². The van der Waals surface area contributed by atoms with Gasteiger partial charge < -0.3 is 9.88 Å². The Morgan fingerprint density at radius 2 is 2.29 bits per heavy atom. The fraction of sp³-hybridized carbons (Fsp3) is 0.833. The Kier molecular flexibility index (Phi) is 3.11. The highest BCUT2D eigenvalue weighted by Crippen LogP contribution is 2.25. The van der Waals surface area contributed by atoms with Crippen molar-refractivity contribution in [2.75, 3.05) is 13.6 Å². The summed E-state index contributed by atoms with van der Waals surface area (Å²) in [5.41, 5.74) is 0. The largest absolute Gasteiger partial charge is 0.317 e. The minimum Gasteiger partial charge on any atom is -0.317 e. The smallest absolute Gasteiger partial charge is 0.147 e. The fourth-order valence-corrected chi connectivity index (χ4v) is 3.15. The lowest BCUT2D eigenvalue weighted by Gasteiger charge is -2.39. The highest BCUT2D eigenvalue weighted by molar-refractivity contribution is 4.93. The normalized spacial score (nSPS) is 30.2. The lowest BCUT2D eigenvalue weighted by atomic mass is 9.90. The maximum Gasteiger partial charge on any atom is 0.147 e. The summed E-state index contributed by atoms with van der Waals surface area (Å²) in [6, 6.07) is 1.43. The number of aromatic nitrogens is 3. The first-order valence-electron chi connectivity index (χ1n) is 6.65. The molecule has 0 saturated heterocycles. The van der Waals surface area contributed by atoms with Gasteiger partial charge in [0.25, 0.3) is 0 Å². The highest BCUT2D eigenvalue weighted by Gasteiger charge is 2.28. The van der Waals surface area contributed by atoms with Gasteiger partial charge in [-0.1, -0.05) is 6.42 Å². The van der Waals surface area contributed by atoms with E-state index in [1.54, 1.807) is 0 Å². The van der Waals surface area contributed by atoms with Crippen molar-refractivity contribution in [1.29, 1.82) is 0 Å². The van der Waals surface area contributed by atoms with Crippen molar-refractivity contribution in [3.63, 3.8) is 0 Å². The van der Waals surface area contributed by atoms with Crippen LogP contribution in [0.5, 0.6) is 0 Å². The average Bonchev–Trinajstić information content (AvgIpc) is 2.86. The van der Waals surface area contributed by atoms with Crippen LogP contribution in [-0.2, 0) is 13.1 Å². The molecule has 0 spiro atoms. The van der Waals surface area contributed by atoms with Gasteiger partial charge in [0.15, 0.2) is 0 Å². The molecule has 94 valence electrons. The Bertz CT molecular complexity index is 375. The summed E-state index contributed by atoms with van der Waals surface area (Å²) in [5, 5.41) is 11.6. The molecule has 1 aromatic heterocycles. The van der Waals surface area contributed by atoms with Crippen LogP contribution in [0.1, 0.15) is 31.5 Å². The van der Waals surface area contributed by atoms with Crippen molar-refractivity contribution in [1.82, 2.24) is 25.0 Å². The maximum absolute atomic E-state index is 4.20. The summed E-state index contributed by atoms with van der Waals surface area (Å²) in [6.45, 7) is 3.16. The van der Waals surface area contributed by atoms with Gasteiger partial charge in [0.05, 0.1) is 6.54 Å². The molecule has 1 aliphatic carbocycles. The van der Waals surface area contributed by atoms with Crippen LogP contribution >= 0.6 is 0 Å². The summed E-state index contributed by atoms with van der Waals surface area (Å²) in [6.07, 6.45) is 7.15. The van der Waals surface area contributed by atoms with Gasteiger partial charge in [-0.05, 0) is 26.3 Å². The zero-order valence-corrected chi connectivity index (χ0v) is 10.5. The molecule has 0 radical (unpaired) electrons. The van der Waals surface area contributed by atoms with E-state index in [2.05, 4.69) is 32.0 Å². The summed E-state index contributed by atoms with van der Waals surface area (Å²) < 4.78 is 2.18. The third-order valence-electron chi connectivity index (χ3n) is 4.24. The van der Waals surface area contributed by atoms with E-state index >= 15 is 0 Å². The number of rotatable bonds is 2. The number of nitrogens with zero attached hydrogens (tertiary/aromatic N) is 4. The van der Waals surface area contributed by atoms with Gasteiger partial charge in [-0.15, -0.1) is 10.2 Å². The Hall–Kier alpha value is -0.940. The average molecular weight is 235 g/mol. The number of nitrogens with one attached hydrogen (secondary N) is 1. The molecule has 1 aromatic rings. The molecule has 5 nitrogen and oxygen atoms in total. The van der Waals surface area contributed by atoms with E-state index in [1.165, 1.54) is 25.7 Å². The molecule has 2 aliphatic rings. The highest BCUT2D eigenvalue weighted by atomic mass is 15.3. The maximum atomic E-state index is 4.20. The number of hydrogen-bond donors (Lipinski definition) is 1. The van der Waals surface area contributed by atoms with Crippen LogP contribution in [0.25, 0.3) is 0 Å². The van der Waals surface area contributed by atoms with E-state index in [-0.39, 0.29) is 0 Å². The second-order valence-corrected chi connectivity index (χ2v) is 5.22. The van der Waals surface area contributed by atoms with E-state index in [0.29, 0.717) is 6.04 Å². The summed E-state index contributed by atoms with van der Waals surface area (Å²) in [4.78, 5) is 2.59. The van der Waals surface area contributed by atoms with Crippen molar-refractivity contribution < 1.29 is 0 Å². The Morgan fingerprint density at radius 3 is 3.18 bits per heavy atom. The first-order valence-corrected chi connectivity index (χ1v) is 6.65. The minimum absolute atomic E-state index is 0.702. The van der Waals surface area contributed by atoms with Gasteiger partial charge in [-0.3, -0.25) is 4.90 Å². The van der Waals surface area contributed by atoms with E-state index in [4.69, 9.17) is 0 Å². The van der Waals surface area contributed by atoms with Crippen LogP contribution in [0.3, 0.4) is 0 Å². The standard InChI is InChI=1S/C12H21N5/c1-13-10-3-2-4-11(7-10)16-5-6-17-9-14-15-12(17)8-16/h9-11,13H,2-8H2,1H3. The lowest BCUT2D eigenvalue weighted by Crippen LogP contribution is -2.46. The summed E-state index contributed by atoms with van der Waals surface area (Å²) >= 11 is 0. The monoisotopic (exact) mass is 235 g/mol. The fourth-order valence-electron chi connectivity index (χ4n) is 3.15. The molecule has 5 heteroatoms. The Morgan fingerprint density at radius 1 is 1.35 bits per heavy atom. The van der Waals surface area contributed by atoms with Gasteiger partial charge in [-0.2, -0.15) is 0 Å². The molecule has 1 fully saturated rings. The van der Waals surface area contributed by atoms with Crippen LogP contribution in [-0.4, -0.2) is 45.3 Å². The van der Waals surface area contributed by atoms with Crippen molar-refractivity contribution >= 4 is 0 Å². The first-order chi connectivity index (χ1) is 8.36. The molecule has 2 atom stereocenters. The summed E-state index contributed by atoms with van der Waals surface area (Å²) in [5.74, 6) is 1.13. The molecule has 2 unspecified atom stereocenters. The molecule has 3 rings (SSSR count). The van der Waals surface area contributed by atoms with Gasteiger partial charge in [0, 0.05) is 25.2 Å². The zero-order chi connectivity index (χ0) is 11.7. The van der Waals surface area contributed by atoms with Crippen LogP contribution in [0, 0.1) is 0 Å². The van der Waals surface area contributed by atoms with E-state index in [1.807, 2.05) is 6.33 Å². The molecular formula is C12H21N5. The molecule has 1 saturated carbocycles. The third-order valence-corrected chi connectivity index (χ3v) is 4.24.